The van der Waals surface area contributed by atoms with Gasteiger partial charge in [-0.15, -0.1) is 12.4 Å². The number of amides is 4. The van der Waals surface area contributed by atoms with Gasteiger partial charge in [0.1, 0.15) is 0 Å². The fourth-order valence-corrected chi connectivity index (χ4v) is 4.13. The number of carbonyl (C=O) groups is 3. The van der Waals surface area contributed by atoms with E-state index in [1.165, 1.54) is 0 Å². The highest BCUT2D eigenvalue weighted by Gasteiger charge is 2.32. The molecule has 4 amide bonds. The zero-order valence-electron chi connectivity index (χ0n) is 16.7. The summed E-state index contributed by atoms with van der Waals surface area (Å²) in [6.07, 6.45) is 1.93. The molecule has 2 fully saturated rings. The van der Waals surface area contributed by atoms with Gasteiger partial charge in [-0.2, -0.15) is 0 Å². The van der Waals surface area contributed by atoms with Crippen LogP contribution in [0.4, 0.5) is 4.79 Å². The van der Waals surface area contributed by atoms with Gasteiger partial charge in [0.2, 0.25) is 11.8 Å². The van der Waals surface area contributed by atoms with Crippen LogP contribution in [0.15, 0.2) is 24.3 Å². The predicted molar refractivity (Wildman–Crippen MR) is 113 cm³/mol. The fraction of sp³-hybridized carbons (Fsp3) is 0.550. The maximum absolute atomic E-state index is 13.0. The number of carbonyl (C=O) groups excluding carboxylic acids is 3. The van der Waals surface area contributed by atoms with Crippen molar-refractivity contribution in [3.8, 4) is 0 Å². The summed E-state index contributed by atoms with van der Waals surface area (Å²) in [5.41, 5.74) is 7.23. The van der Waals surface area contributed by atoms with Crippen molar-refractivity contribution in [2.75, 3.05) is 32.7 Å². The molecule has 1 aromatic rings. The molecule has 3 rings (SSSR count). The number of nitrogens with one attached hydrogen (secondary N) is 2. The normalized spacial score (nSPS) is 20.6. The highest BCUT2D eigenvalue weighted by Crippen LogP contribution is 2.24. The van der Waals surface area contributed by atoms with Crippen molar-refractivity contribution < 1.29 is 14.4 Å². The molecule has 0 aliphatic carbocycles. The Labute approximate surface area is 177 Å². The van der Waals surface area contributed by atoms with Crippen LogP contribution in [-0.2, 0) is 9.59 Å². The average Bonchev–Trinajstić information content (AvgIpc) is 2.68. The second-order valence-corrected chi connectivity index (χ2v) is 7.52. The zero-order valence-corrected chi connectivity index (χ0v) is 17.5. The lowest BCUT2D eigenvalue weighted by Gasteiger charge is -2.41. The third kappa shape index (κ3) is 5.83. The number of hydrogen-bond donors (Lipinski definition) is 3. The van der Waals surface area contributed by atoms with E-state index in [4.69, 9.17) is 5.73 Å². The number of aryl methyl sites for hydroxylation is 1. The van der Waals surface area contributed by atoms with Crippen LogP contribution in [0.5, 0.6) is 0 Å². The third-order valence-corrected chi connectivity index (χ3v) is 5.58. The largest absolute Gasteiger partial charge is 0.352 e. The summed E-state index contributed by atoms with van der Waals surface area (Å²) in [5.74, 6) is 0.0630. The lowest BCUT2D eigenvalue weighted by molar-refractivity contribution is -0.140. The second kappa shape index (κ2) is 10.5. The van der Waals surface area contributed by atoms with Crippen molar-refractivity contribution in [2.24, 2.45) is 5.73 Å². The minimum Gasteiger partial charge on any atom is -0.352 e. The van der Waals surface area contributed by atoms with E-state index in [2.05, 4.69) is 10.6 Å². The Morgan fingerprint density at radius 1 is 1.31 bits per heavy atom. The first kappa shape index (κ1) is 23.0. The first-order valence-electron chi connectivity index (χ1n) is 9.85. The number of hydrogen-bond acceptors (Lipinski definition) is 4. The Bertz CT molecular complexity index is 745. The van der Waals surface area contributed by atoms with Gasteiger partial charge in [0.05, 0.1) is 19.0 Å². The molecule has 2 saturated heterocycles. The Kier molecular flexibility index (Phi) is 8.28. The summed E-state index contributed by atoms with van der Waals surface area (Å²) in [4.78, 5) is 40.4. The summed E-state index contributed by atoms with van der Waals surface area (Å²) in [5, 5.41) is 5.79. The summed E-state index contributed by atoms with van der Waals surface area (Å²) < 4.78 is 0. The summed E-state index contributed by atoms with van der Waals surface area (Å²) >= 11 is 0. The van der Waals surface area contributed by atoms with Crippen LogP contribution in [0.1, 0.15) is 36.4 Å². The number of piperidine rings is 1. The molecule has 0 spiro atoms. The number of nitrogens with zero attached hydrogens (tertiary/aromatic N) is 2. The van der Waals surface area contributed by atoms with Crippen molar-refractivity contribution in [1.82, 2.24) is 20.4 Å². The molecule has 2 atom stereocenters. The summed E-state index contributed by atoms with van der Waals surface area (Å²) in [6.45, 7) is 4.99. The number of rotatable bonds is 5. The maximum atomic E-state index is 13.0. The molecule has 0 saturated carbocycles. The molecular formula is C20H30ClN5O3. The Hall–Kier alpha value is -2.32. The molecule has 9 heteroatoms. The number of primary amides is 1. The molecule has 0 aromatic heterocycles. The number of urea groups is 1. The lowest BCUT2D eigenvalue weighted by atomic mass is 9.97. The van der Waals surface area contributed by atoms with Crippen molar-refractivity contribution in [2.45, 2.75) is 38.3 Å². The van der Waals surface area contributed by atoms with E-state index >= 15 is 0 Å². The van der Waals surface area contributed by atoms with Crippen LogP contribution in [0.25, 0.3) is 0 Å². The Balaban J connectivity index is 0.00000300. The number of nitrogens with two attached hydrogens (primary N) is 1. The highest BCUT2D eigenvalue weighted by atomic mass is 35.5. The van der Waals surface area contributed by atoms with E-state index in [1.54, 1.807) is 0 Å². The zero-order chi connectivity index (χ0) is 20.1. The molecule has 2 heterocycles. The molecule has 0 bridgehead atoms. The highest BCUT2D eigenvalue weighted by molar-refractivity contribution is 5.85. The van der Waals surface area contributed by atoms with Crippen LogP contribution in [-0.4, -0.2) is 66.4 Å². The average molecular weight is 424 g/mol. The van der Waals surface area contributed by atoms with E-state index in [9.17, 15) is 14.4 Å². The first-order chi connectivity index (χ1) is 13.5. The summed E-state index contributed by atoms with van der Waals surface area (Å²) in [6, 6.07) is 6.60. The van der Waals surface area contributed by atoms with Gasteiger partial charge in [0.15, 0.2) is 0 Å². The molecule has 2 aliphatic rings. The van der Waals surface area contributed by atoms with Crippen LogP contribution >= 0.6 is 12.4 Å². The quantitative estimate of drug-likeness (QED) is 0.654. The molecule has 29 heavy (non-hydrogen) atoms. The monoisotopic (exact) mass is 423 g/mol. The van der Waals surface area contributed by atoms with E-state index in [1.807, 2.05) is 41.0 Å². The Morgan fingerprint density at radius 3 is 2.76 bits per heavy atom. The SMILES string of the molecule is Cc1ccccc1C(CC(=O)N1CCCC(N2CCNCC2=O)C1)NC(N)=O.Cl. The van der Waals surface area contributed by atoms with E-state index in [-0.39, 0.29) is 36.7 Å². The van der Waals surface area contributed by atoms with Gasteiger partial charge in [-0.05, 0) is 30.9 Å². The van der Waals surface area contributed by atoms with Gasteiger partial charge in [0, 0.05) is 32.2 Å². The van der Waals surface area contributed by atoms with Gasteiger partial charge in [0.25, 0.3) is 0 Å². The number of halogens is 1. The van der Waals surface area contributed by atoms with E-state index in [0.29, 0.717) is 26.2 Å². The van der Waals surface area contributed by atoms with Crippen LogP contribution in [0.2, 0.25) is 0 Å². The van der Waals surface area contributed by atoms with Crippen molar-refractivity contribution in [1.29, 1.82) is 0 Å². The fourth-order valence-electron chi connectivity index (χ4n) is 4.13. The molecule has 8 nitrogen and oxygen atoms in total. The van der Waals surface area contributed by atoms with Gasteiger partial charge in [-0.1, -0.05) is 24.3 Å². The van der Waals surface area contributed by atoms with Crippen molar-refractivity contribution in [3.63, 3.8) is 0 Å². The lowest BCUT2D eigenvalue weighted by Crippen LogP contribution is -2.57. The van der Waals surface area contributed by atoms with Gasteiger partial charge in [-0.3, -0.25) is 9.59 Å². The number of piperazine rings is 1. The topological polar surface area (TPSA) is 108 Å². The van der Waals surface area contributed by atoms with Gasteiger partial charge >= 0.3 is 6.03 Å². The van der Waals surface area contributed by atoms with Crippen LogP contribution in [0.3, 0.4) is 0 Å². The molecule has 2 aliphatic heterocycles. The molecule has 2 unspecified atom stereocenters. The molecule has 1 aromatic carbocycles. The van der Waals surface area contributed by atoms with Crippen LogP contribution in [0, 0.1) is 6.92 Å². The molecule has 0 radical (unpaired) electrons. The third-order valence-electron chi connectivity index (χ3n) is 5.58. The van der Waals surface area contributed by atoms with Crippen molar-refractivity contribution in [3.05, 3.63) is 35.4 Å². The van der Waals surface area contributed by atoms with E-state index in [0.717, 1.165) is 30.5 Å². The minimum atomic E-state index is -0.649. The number of likely N-dealkylation sites (tertiary alicyclic amines) is 1. The first-order valence-corrected chi connectivity index (χ1v) is 9.85. The predicted octanol–water partition coefficient (Wildman–Crippen LogP) is 0.939. The molecule has 160 valence electrons. The standard InChI is InChI=1S/C20H29N5O3.ClH/c1-14-5-2-3-7-16(14)17(23-20(21)28)11-18(26)24-9-4-6-15(13-24)25-10-8-22-12-19(25)27;/h2-3,5,7,15,17,22H,4,6,8-13H2,1H3,(H3,21,23,28);1H. The van der Waals surface area contributed by atoms with Crippen molar-refractivity contribution >= 4 is 30.3 Å². The number of benzene rings is 1. The minimum absolute atomic E-state index is 0. The van der Waals surface area contributed by atoms with Crippen LogP contribution < -0.4 is 16.4 Å². The molecular weight excluding hydrogens is 394 g/mol. The van der Waals surface area contributed by atoms with E-state index < -0.39 is 12.1 Å². The molecule has 4 N–H and O–H groups in total. The van der Waals surface area contributed by atoms with Gasteiger partial charge in [-0.25, -0.2) is 4.79 Å². The maximum Gasteiger partial charge on any atom is 0.312 e. The second-order valence-electron chi connectivity index (χ2n) is 7.52. The smallest absolute Gasteiger partial charge is 0.312 e. The summed E-state index contributed by atoms with van der Waals surface area (Å²) in [7, 11) is 0. The Morgan fingerprint density at radius 2 is 2.07 bits per heavy atom. The van der Waals surface area contributed by atoms with Gasteiger partial charge < -0.3 is 26.2 Å².